The minimum Gasteiger partial charge on any atom is -0.254 e. The van der Waals surface area contributed by atoms with Crippen LogP contribution in [0, 0.1) is 0 Å². The fourth-order valence-corrected chi connectivity index (χ4v) is 3.39. The lowest BCUT2D eigenvalue weighted by Gasteiger charge is -2.08. The first-order valence-corrected chi connectivity index (χ1v) is 8.24. The molecule has 4 heterocycles. The predicted molar refractivity (Wildman–Crippen MR) is 101 cm³/mol. The van der Waals surface area contributed by atoms with E-state index in [0.29, 0.717) is 11.3 Å². The number of rotatable bonds is 0. The maximum atomic E-state index is 4.80. The van der Waals surface area contributed by atoms with E-state index in [1.54, 1.807) is 12.4 Å². The molecule has 6 rings (SSSR count). The molecule has 0 atom stereocenters. The first kappa shape index (κ1) is 13.5. The van der Waals surface area contributed by atoms with Crippen molar-refractivity contribution < 1.29 is 0 Å². The van der Waals surface area contributed by atoms with Crippen LogP contribution in [-0.4, -0.2) is 29.9 Å². The zero-order valence-electron chi connectivity index (χ0n) is 13.5. The molecule has 0 aliphatic rings. The third-order valence-electron chi connectivity index (χ3n) is 4.54. The first-order chi connectivity index (χ1) is 12.9. The monoisotopic (exact) mass is 334 g/mol. The molecule has 0 saturated carbocycles. The summed E-state index contributed by atoms with van der Waals surface area (Å²) in [5.41, 5.74) is 5.85. The number of fused-ring (bicyclic) bond motifs is 8. The van der Waals surface area contributed by atoms with Crippen molar-refractivity contribution in [3.8, 4) is 0 Å². The third-order valence-corrected chi connectivity index (χ3v) is 4.54. The standard InChI is InChI=1S/C20H10N6/c1-2-8-14-13(7-1)23-19-20(24-14)26-18-12-6-4-10-22-16(12)15-11(17(18)25-19)5-3-9-21-15/h1-10H. The van der Waals surface area contributed by atoms with Gasteiger partial charge in [0, 0.05) is 23.2 Å². The maximum Gasteiger partial charge on any atom is 0.199 e. The number of benzene rings is 2. The van der Waals surface area contributed by atoms with Crippen LogP contribution in [0.25, 0.3) is 55.2 Å². The Labute approximate surface area is 146 Å². The largest absolute Gasteiger partial charge is 0.254 e. The molecule has 6 aromatic rings. The number of para-hydroxylation sites is 2. The van der Waals surface area contributed by atoms with E-state index in [9.17, 15) is 0 Å². The van der Waals surface area contributed by atoms with Crippen molar-refractivity contribution in [1.29, 1.82) is 0 Å². The van der Waals surface area contributed by atoms with E-state index in [1.165, 1.54) is 0 Å². The van der Waals surface area contributed by atoms with Crippen LogP contribution in [0.4, 0.5) is 0 Å². The molecule has 26 heavy (non-hydrogen) atoms. The van der Waals surface area contributed by atoms with Gasteiger partial charge in [-0.05, 0) is 36.4 Å². The van der Waals surface area contributed by atoms with Crippen molar-refractivity contribution in [3.63, 3.8) is 0 Å². The molecule has 0 unspecified atom stereocenters. The molecule has 0 aliphatic heterocycles. The van der Waals surface area contributed by atoms with E-state index in [0.717, 1.165) is 43.9 Å². The lowest BCUT2D eigenvalue weighted by Crippen LogP contribution is -1.97. The lowest BCUT2D eigenvalue weighted by molar-refractivity contribution is 1.26. The average molecular weight is 334 g/mol. The van der Waals surface area contributed by atoms with E-state index in [4.69, 9.17) is 9.97 Å². The fraction of sp³-hybridized carbons (Fsp3) is 0. The van der Waals surface area contributed by atoms with E-state index in [1.807, 2.05) is 48.5 Å². The van der Waals surface area contributed by atoms with Gasteiger partial charge in [-0.3, -0.25) is 9.97 Å². The molecule has 0 aliphatic carbocycles. The average Bonchev–Trinajstić information content (AvgIpc) is 2.71. The summed E-state index contributed by atoms with van der Waals surface area (Å²) >= 11 is 0. The van der Waals surface area contributed by atoms with Gasteiger partial charge in [0.25, 0.3) is 0 Å². The molecule has 6 nitrogen and oxygen atoms in total. The molecule has 0 spiro atoms. The van der Waals surface area contributed by atoms with Crippen molar-refractivity contribution in [2.45, 2.75) is 0 Å². The Morgan fingerprint density at radius 3 is 1.46 bits per heavy atom. The van der Waals surface area contributed by atoms with Crippen molar-refractivity contribution in [3.05, 3.63) is 60.9 Å². The predicted octanol–water partition coefficient (Wildman–Crippen LogP) is 3.82. The van der Waals surface area contributed by atoms with Gasteiger partial charge >= 0.3 is 0 Å². The molecule has 6 heteroatoms. The number of pyridine rings is 2. The molecule has 0 bridgehead atoms. The van der Waals surface area contributed by atoms with Crippen molar-refractivity contribution in [2.75, 3.05) is 0 Å². The third kappa shape index (κ3) is 1.75. The Bertz CT molecular complexity index is 1380. The molecule has 120 valence electrons. The summed E-state index contributed by atoms with van der Waals surface area (Å²) in [5, 5.41) is 1.83. The van der Waals surface area contributed by atoms with E-state index < -0.39 is 0 Å². The highest BCUT2D eigenvalue weighted by Gasteiger charge is 2.14. The molecule has 0 saturated heterocycles. The van der Waals surface area contributed by atoms with Crippen LogP contribution in [0.5, 0.6) is 0 Å². The number of hydrogen-bond donors (Lipinski definition) is 0. The second kappa shape index (κ2) is 4.86. The SMILES string of the molecule is c1ccc2nc3nc4c5cccnc5c5ncccc5c4nc3nc2c1. The molecular formula is C20H10N6. The summed E-state index contributed by atoms with van der Waals surface area (Å²) in [4.78, 5) is 27.9. The van der Waals surface area contributed by atoms with Crippen LogP contribution in [0.1, 0.15) is 0 Å². The Hall–Kier alpha value is -3.80. The number of aromatic nitrogens is 6. The normalized spacial score (nSPS) is 11.8. The van der Waals surface area contributed by atoms with Gasteiger partial charge in [0.2, 0.25) is 0 Å². The molecule has 0 amide bonds. The molecule has 0 fully saturated rings. The smallest absolute Gasteiger partial charge is 0.199 e. The van der Waals surface area contributed by atoms with E-state index in [-0.39, 0.29) is 0 Å². The van der Waals surface area contributed by atoms with Crippen molar-refractivity contribution in [2.24, 2.45) is 0 Å². The molecule has 0 radical (unpaired) electrons. The second-order valence-electron chi connectivity index (χ2n) is 6.08. The second-order valence-corrected chi connectivity index (χ2v) is 6.08. The van der Waals surface area contributed by atoms with Gasteiger partial charge < -0.3 is 0 Å². The Morgan fingerprint density at radius 1 is 0.462 bits per heavy atom. The Kier molecular flexibility index (Phi) is 2.52. The van der Waals surface area contributed by atoms with Crippen molar-refractivity contribution in [1.82, 2.24) is 29.9 Å². The van der Waals surface area contributed by atoms with Crippen LogP contribution in [-0.2, 0) is 0 Å². The molecule has 4 aromatic heterocycles. The Balaban J connectivity index is 1.91. The van der Waals surface area contributed by atoms with E-state index >= 15 is 0 Å². The van der Waals surface area contributed by atoms with Crippen LogP contribution in [0.3, 0.4) is 0 Å². The van der Waals surface area contributed by atoms with Gasteiger partial charge in [0.15, 0.2) is 11.3 Å². The maximum absolute atomic E-state index is 4.80. The number of nitrogens with zero attached hydrogens (tertiary/aromatic N) is 6. The van der Waals surface area contributed by atoms with Gasteiger partial charge in [-0.25, -0.2) is 19.9 Å². The summed E-state index contributed by atoms with van der Waals surface area (Å²) in [5.74, 6) is 0. The minimum atomic E-state index is 0.532. The summed E-state index contributed by atoms with van der Waals surface area (Å²) < 4.78 is 0. The van der Waals surface area contributed by atoms with Crippen molar-refractivity contribution >= 4 is 55.2 Å². The molecule has 2 aromatic carbocycles. The zero-order chi connectivity index (χ0) is 17.1. The van der Waals surface area contributed by atoms with Gasteiger partial charge in [-0.15, -0.1) is 0 Å². The highest BCUT2D eigenvalue weighted by molar-refractivity contribution is 6.21. The van der Waals surface area contributed by atoms with E-state index in [2.05, 4.69) is 19.9 Å². The summed E-state index contributed by atoms with van der Waals surface area (Å²) in [6.07, 6.45) is 3.54. The summed E-state index contributed by atoms with van der Waals surface area (Å²) in [7, 11) is 0. The summed E-state index contributed by atoms with van der Waals surface area (Å²) in [6.45, 7) is 0. The highest BCUT2D eigenvalue weighted by Crippen LogP contribution is 2.31. The molecule has 0 N–H and O–H groups in total. The lowest BCUT2D eigenvalue weighted by atomic mass is 10.1. The zero-order valence-corrected chi connectivity index (χ0v) is 13.5. The van der Waals surface area contributed by atoms with Gasteiger partial charge in [0.1, 0.15) is 11.0 Å². The quantitative estimate of drug-likeness (QED) is 0.310. The topological polar surface area (TPSA) is 77.3 Å². The van der Waals surface area contributed by atoms with Gasteiger partial charge in [-0.1, -0.05) is 12.1 Å². The van der Waals surface area contributed by atoms with Gasteiger partial charge in [0.05, 0.1) is 22.1 Å². The van der Waals surface area contributed by atoms with Crippen LogP contribution >= 0.6 is 0 Å². The minimum absolute atomic E-state index is 0.532. The van der Waals surface area contributed by atoms with Crippen LogP contribution in [0.2, 0.25) is 0 Å². The van der Waals surface area contributed by atoms with Crippen LogP contribution < -0.4 is 0 Å². The summed E-state index contributed by atoms with van der Waals surface area (Å²) in [6, 6.07) is 15.5. The number of hydrogen-bond acceptors (Lipinski definition) is 6. The van der Waals surface area contributed by atoms with Crippen LogP contribution in [0.15, 0.2) is 60.9 Å². The first-order valence-electron chi connectivity index (χ1n) is 8.24. The molecular weight excluding hydrogens is 324 g/mol. The fourth-order valence-electron chi connectivity index (χ4n) is 3.39. The Morgan fingerprint density at radius 2 is 0.962 bits per heavy atom. The highest BCUT2D eigenvalue weighted by atomic mass is 15.0. The van der Waals surface area contributed by atoms with Gasteiger partial charge in [-0.2, -0.15) is 0 Å².